The fourth-order valence-corrected chi connectivity index (χ4v) is 0.818. The molecule has 0 aliphatic carbocycles. The molecule has 0 saturated heterocycles. The number of aliphatic hydroxyl groups excluding tert-OH is 2. The Kier molecular flexibility index (Phi) is 6.72. The van der Waals surface area contributed by atoms with E-state index in [1.165, 1.54) is 0 Å². The second-order valence-corrected chi connectivity index (χ2v) is 2.68. The van der Waals surface area contributed by atoms with Crippen LogP contribution in [0.15, 0.2) is 23.8 Å². The lowest BCUT2D eigenvalue weighted by Crippen LogP contribution is -1.99. The molecule has 0 aliphatic rings. The molecule has 0 aliphatic heterocycles. The number of hydrogen-bond acceptors (Lipinski definition) is 2. The molecule has 12 heavy (non-hydrogen) atoms. The van der Waals surface area contributed by atoms with Crippen molar-refractivity contribution in [2.45, 2.75) is 32.8 Å². The first-order chi connectivity index (χ1) is 5.74. The minimum Gasteiger partial charge on any atom is -0.392 e. The van der Waals surface area contributed by atoms with Crippen molar-refractivity contribution >= 4 is 0 Å². The summed E-state index contributed by atoms with van der Waals surface area (Å²) in [5, 5.41) is 18.0. The number of rotatable bonds is 5. The van der Waals surface area contributed by atoms with Gasteiger partial charge in [-0.2, -0.15) is 0 Å². The van der Waals surface area contributed by atoms with Gasteiger partial charge in [0.1, 0.15) is 0 Å². The molecule has 0 radical (unpaired) electrons. The van der Waals surface area contributed by atoms with Crippen molar-refractivity contribution in [3.05, 3.63) is 23.8 Å². The lowest BCUT2D eigenvalue weighted by atomic mass is 10.2. The Morgan fingerprint density at radius 2 is 2.08 bits per heavy atom. The topological polar surface area (TPSA) is 40.5 Å². The van der Waals surface area contributed by atoms with Gasteiger partial charge in [0, 0.05) is 0 Å². The predicted molar refractivity (Wildman–Crippen MR) is 50.9 cm³/mol. The van der Waals surface area contributed by atoms with Crippen LogP contribution in [-0.2, 0) is 0 Å². The van der Waals surface area contributed by atoms with Crippen LogP contribution in [0.3, 0.4) is 0 Å². The molecular formula is C10H18O2. The van der Waals surface area contributed by atoms with Crippen molar-refractivity contribution in [3.63, 3.8) is 0 Å². The average Bonchev–Trinajstić information content (AvgIpc) is 2.11. The van der Waals surface area contributed by atoms with E-state index < -0.39 is 6.10 Å². The SMILES string of the molecule is CCC=C(C=CC(O)CC)CO. The summed E-state index contributed by atoms with van der Waals surface area (Å²) in [6, 6.07) is 0. The van der Waals surface area contributed by atoms with E-state index in [9.17, 15) is 5.11 Å². The molecule has 0 amide bonds. The first-order valence-electron chi connectivity index (χ1n) is 4.40. The summed E-state index contributed by atoms with van der Waals surface area (Å²) in [4.78, 5) is 0. The highest BCUT2D eigenvalue weighted by atomic mass is 16.3. The summed E-state index contributed by atoms with van der Waals surface area (Å²) in [5.74, 6) is 0. The van der Waals surface area contributed by atoms with Gasteiger partial charge in [0.15, 0.2) is 0 Å². The maximum atomic E-state index is 9.17. The Hall–Kier alpha value is -0.600. The quantitative estimate of drug-likeness (QED) is 0.616. The Balaban J connectivity index is 4.01. The highest BCUT2D eigenvalue weighted by Gasteiger charge is 1.93. The molecule has 0 aromatic carbocycles. The Labute approximate surface area is 74.2 Å². The second kappa shape index (κ2) is 7.07. The van der Waals surface area contributed by atoms with Crippen molar-refractivity contribution in [1.82, 2.24) is 0 Å². The van der Waals surface area contributed by atoms with E-state index >= 15 is 0 Å². The monoisotopic (exact) mass is 170 g/mol. The molecule has 0 heterocycles. The standard InChI is InChI=1S/C10H18O2/c1-3-5-9(8-11)6-7-10(12)4-2/h5-7,10-12H,3-4,8H2,1-2H3. The van der Waals surface area contributed by atoms with Crippen LogP contribution < -0.4 is 0 Å². The third kappa shape index (κ3) is 5.10. The fourth-order valence-electron chi connectivity index (χ4n) is 0.818. The summed E-state index contributed by atoms with van der Waals surface area (Å²) in [6.45, 7) is 3.97. The molecule has 2 N–H and O–H groups in total. The predicted octanol–water partition coefficient (Wildman–Crippen LogP) is 1.64. The van der Waals surface area contributed by atoms with Gasteiger partial charge in [0.25, 0.3) is 0 Å². The van der Waals surface area contributed by atoms with Crippen LogP contribution in [0.25, 0.3) is 0 Å². The van der Waals surface area contributed by atoms with Gasteiger partial charge in [0.2, 0.25) is 0 Å². The van der Waals surface area contributed by atoms with Gasteiger partial charge < -0.3 is 10.2 Å². The molecule has 1 unspecified atom stereocenters. The van der Waals surface area contributed by atoms with Crippen molar-refractivity contribution in [3.8, 4) is 0 Å². The molecule has 0 saturated carbocycles. The highest BCUT2D eigenvalue weighted by Crippen LogP contribution is 2.00. The van der Waals surface area contributed by atoms with E-state index in [-0.39, 0.29) is 6.61 Å². The van der Waals surface area contributed by atoms with Gasteiger partial charge in [-0.3, -0.25) is 0 Å². The minimum absolute atomic E-state index is 0.0424. The van der Waals surface area contributed by atoms with Crippen LogP contribution in [0.2, 0.25) is 0 Å². The minimum atomic E-state index is -0.392. The van der Waals surface area contributed by atoms with E-state index in [0.717, 1.165) is 12.0 Å². The zero-order valence-corrected chi connectivity index (χ0v) is 7.83. The van der Waals surface area contributed by atoms with Crippen molar-refractivity contribution < 1.29 is 10.2 Å². The molecule has 1 atom stereocenters. The number of aliphatic hydroxyl groups is 2. The van der Waals surface area contributed by atoms with Crippen LogP contribution in [-0.4, -0.2) is 22.9 Å². The summed E-state index contributed by atoms with van der Waals surface area (Å²) < 4.78 is 0. The summed E-state index contributed by atoms with van der Waals surface area (Å²) in [5.41, 5.74) is 0.866. The summed E-state index contributed by atoms with van der Waals surface area (Å²) in [6.07, 6.45) is 6.65. The molecule has 0 bridgehead atoms. The first kappa shape index (κ1) is 11.4. The molecule has 2 nitrogen and oxygen atoms in total. The second-order valence-electron chi connectivity index (χ2n) is 2.68. The Morgan fingerprint density at radius 3 is 2.50 bits per heavy atom. The molecule has 0 rings (SSSR count). The summed E-state index contributed by atoms with van der Waals surface area (Å²) >= 11 is 0. The highest BCUT2D eigenvalue weighted by molar-refractivity contribution is 5.19. The Morgan fingerprint density at radius 1 is 1.42 bits per heavy atom. The van der Waals surface area contributed by atoms with Gasteiger partial charge in [-0.15, -0.1) is 0 Å². The first-order valence-corrected chi connectivity index (χ1v) is 4.40. The largest absolute Gasteiger partial charge is 0.392 e. The molecule has 70 valence electrons. The maximum absolute atomic E-state index is 9.17. The fraction of sp³-hybridized carbons (Fsp3) is 0.600. The van der Waals surface area contributed by atoms with E-state index in [1.807, 2.05) is 19.9 Å². The van der Waals surface area contributed by atoms with Crippen molar-refractivity contribution in [1.29, 1.82) is 0 Å². The molecule has 0 spiro atoms. The van der Waals surface area contributed by atoms with Crippen LogP contribution in [0.5, 0.6) is 0 Å². The van der Waals surface area contributed by atoms with Gasteiger partial charge in [-0.25, -0.2) is 0 Å². The van der Waals surface area contributed by atoms with Crippen LogP contribution >= 0.6 is 0 Å². The Bertz CT molecular complexity index is 159. The van der Waals surface area contributed by atoms with Crippen LogP contribution in [0.4, 0.5) is 0 Å². The van der Waals surface area contributed by atoms with E-state index in [2.05, 4.69) is 0 Å². The number of hydrogen-bond donors (Lipinski definition) is 2. The van der Waals surface area contributed by atoms with Crippen molar-refractivity contribution in [2.24, 2.45) is 0 Å². The van der Waals surface area contributed by atoms with Gasteiger partial charge in [0.05, 0.1) is 12.7 Å². The lowest BCUT2D eigenvalue weighted by Gasteiger charge is -2.00. The zero-order chi connectivity index (χ0) is 9.40. The molecule has 0 aromatic rings. The van der Waals surface area contributed by atoms with Gasteiger partial charge >= 0.3 is 0 Å². The van der Waals surface area contributed by atoms with Crippen LogP contribution in [0, 0.1) is 0 Å². The van der Waals surface area contributed by atoms with Crippen molar-refractivity contribution in [2.75, 3.05) is 6.61 Å². The normalized spacial score (nSPS) is 15.5. The van der Waals surface area contributed by atoms with E-state index in [4.69, 9.17) is 5.11 Å². The van der Waals surface area contributed by atoms with E-state index in [1.54, 1.807) is 12.2 Å². The third-order valence-electron chi connectivity index (χ3n) is 1.60. The van der Waals surface area contributed by atoms with E-state index in [0.29, 0.717) is 6.42 Å². The molecule has 2 heteroatoms. The van der Waals surface area contributed by atoms with Crippen LogP contribution in [0.1, 0.15) is 26.7 Å². The lowest BCUT2D eigenvalue weighted by molar-refractivity contribution is 0.219. The third-order valence-corrected chi connectivity index (χ3v) is 1.60. The molecular weight excluding hydrogens is 152 g/mol. The average molecular weight is 170 g/mol. The zero-order valence-electron chi connectivity index (χ0n) is 7.83. The molecule has 0 aromatic heterocycles. The summed E-state index contributed by atoms with van der Waals surface area (Å²) in [7, 11) is 0. The number of allylic oxidation sites excluding steroid dienone is 1. The smallest absolute Gasteiger partial charge is 0.0721 e. The molecule has 0 fully saturated rings. The van der Waals surface area contributed by atoms with Gasteiger partial charge in [-0.1, -0.05) is 32.1 Å². The maximum Gasteiger partial charge on any atom is 0.0721 e. The van der Waals surface area contributed by atoms with Gasteiger partial charge in [-0.05, 0) is 18.4 Å².